The van der Waals surface area contributed by atoms with Crippen molar-refractivity contribution in [1.29, 1.82) is 0 Å². The molecule has 0 radical (unpaired) electrons. The van der Waals surface area contributed by atoms with E-state index >= 15 is 0 Å². The second kappa shape index (κ2) is 4.88. The monoisotopic (exact) mass is 318 g/mol. The number of nitro groups is 1. The molecule has 0 spiro atoms. The third-order valence-corrected chi connectivity index (χ3v) is 4.74. The van der Waals surface area contributed by atoms with Gasteiger partial charge in [0.2, 0.25) is 0 Å². The molecule has 2 aromatic carbocycles. The SMILES string of the molecule is Cc1ccc2c(c1)nnn2S(=O)(=O)c1ccc([N+](=O)[O-])cc1. The lowest BCUT2D eigenvalue weighted by molar-refractivity contribution is -0.384. The first-order chi connectivity index (χ1) is 10.4. The minimum Gasteiger partial charge on any atom is -0.258 e. The van der Waals surface area contributed by atoms with Crippen LogP contribution in [0.15, 0.2) is 47.4 Å². The van der Waals surface area contributed by atoms with Crippen molar-refractivity contribution in [3.63, 3.8) is 0 Å². The molecule has 9 heteroatoms. The van der Waals surface area contributed by atoms with Crippen LogP contribution < -0.4 is 0 Å². The first-order valence-electron chi connectivity index (χ1n) is 6.22. The maximum absolute atomic E-state index is 12.6. The zero-order valence-corrected chi connectivity index (χ0v) is 12.2. The molecule has 8 nitrogen and oxygen atoms in total. The number of hydrogen-bond acceptors (Lipinski definition) is 6. The van der Waals surface area contributed by atoms with Gasteiger partial charge < -0.3 is 0 Å². The van der Waals surface area contributed by atoms with Crippen LogP contribution in [-0.4, -0.2) is 27.7 Å². The summed E-state index contributed by atoms with van der Waals surface area (Å²) in [7, 11) is -3.96. The zero-order valence-electron chi connectivity index (χ0n) is 11.4. The highest BCUT2D eigenvalue weighted by molar-refractivity contribution is 7.90. The Hall–Kier alpha value is -2.81. The van der Waals surface area contributed by atoms with E-state index in [1.165, 1.54) is 12.1 Å². The van der Waals surface area contributed by atoms with Gasteiger partial charge in [0.05, 0.1) is 9.82 Å². The molecule has 0 bridgehead atoms. The molecule has 0 amide bonds. The van der Waals surface area contributed by atoms with Crippen molar-refractivity contribution in [2.45, 2.75) is 11.8 Å². The number of benzene rings is 2. The molecule has 112 valence electrons. The van der Waals surface area contributed by atoms with Crippen LogP contribution in [0.2, 0.25) is 0 Å². The lowest BCUT2D eigenvalue weighted by atomic mass is 10.2. The zero-order chi connectivity index (χ0) is 15.9. The quantitative estimate of drug-likeness (QED) is 0.539. The number of hydrogen-bond donors (Lipinski definition) is 0. The van der Waals surface area contributed by atoms with E-state index in [2.05, 4.69) is 10.3 Å². The third-order valence-electron chi connectivity index (χ3n) is 3.14. The first-order valence-corrected chi connectivity index (χ1v) is 7.66. The smallest absolute Gasteiger partial charge is 0.258 e. The van der Waals surface area contributed by atoms with E-state index in [-0.39, 0.29) is 10.6 Å². The first kappa shape index (κ1) is 14.1. The van der Waals surface area contributed by atoms with Crippen molar-refractivity contribution in [3.05, 3.63) is 58.1 Å². The molecule has 3 aromatic rings. The van der Waals surface area contributed by atoms with E-state index in [4.69, 9.17) is 0 Å². The van der Waals surface area contributed by atoms with Gasteiger partial charge in [-0.15, -0.1) is 9.19 Å². The fraction of sp³-hybridized carbons (Fsp3) is 0.0769. The van der Waals surface area contributed by atoms with Crippen LogP contribution in [0.4, 0.5) is 5.69 Å². The molecule has 0 saturated heterocycles. The summed E-state index contributed by atoms with van der Waals surface area (Å²) in [5.74, 6) is 0. The second-order valence-electron chi connectivity index (χ2n) is 4.68. The molecule has 3 rings (SSSR count). The highest BCUT2D eigenvalue weighted by atomic mass is 32.2. The van der Waals surface area contributed by atoms with Crippen LogP contribution >= 0.6 is 0 Å². The fourth-order valence-electron chi connectivity index (χ4n) is 2.03. The van der Waals surface area contributed by atoms with Gasteiger partial charge in [-0.05, 0) is 36.8 Å². The lowest BCUT2D eigenvalue weighted by Crippen LogP contribution is -2.14. The van der Waals surface area contributed by atoms with Crippen molar-refractivity contribution < 1.29 is 13.3 Å². The standard InChI is InChI=1S/C13H10N4O4S/c1-9-2-7-13-12(8-9)14-15-16(13)22(20,21)11-5-3-10(4-6-11)17(18)19/h2-8H,1H3. The predicted molar refractivity (Wildman–Crippen MR) is 77.9 cm³/mol. The largest absolute Gasteiger partial charge is 0.284 e. The molecule has 0 fully saturated rings. The van der Waals surface area contributed by atoms with Crippen LogP contribution in [0.25, 0.3) is 11.0 Å². The van der Waals surface area contributed by atoms with E-state index in [1.807, 2.05) is 6.92 Å². The summed E-state index contributed by atoms with van der Waals surface area (Å²) in [4.78, 5) is 9.94. The molecule has 1 aromatic heterocycles. The minimum atomic E-state index is -3.96. The Labute approximate surface area is 125 Å². The van der Waals surface area contributed by atoms with Crippen molar-refractivity contribution in [3.8, 4) is 0 Å². The number of non-ortho nitro benzene ring substituents is 1. The molecular formula is C13H10N4O4S. The molecule has 22 heavy (non-hydrogen) atoms. The summed E-state index contributed by atoms with van der Waals surface area (Å²) in [6, 6.07) is 9.72. The van der Waals surface area contributed by atoms with Crippen LogP contribution in [0.5, 0.6) is 0 Å². The van der Waals surface area contributed by atoms with Crippen molar-refractivity contribution >= 4 is 26.7 Å². The molecular weight excluding hydrogens is 308 g/mol. The Morgan fingerprint density at radius 3 is 2.45 bits per heavy atom. The maximum Gasteiger partial charge on any atom is 0.284 e. The summed E-state index contributed by atoms with van der Waals surface area (Å²) in [5, 5.41) is 18.2. The van der Waals surface area contributed by atoms with Gasteiger partial charge in [0.15, 0.2) is 0 Å². The van der Waals surface area contributed by atoms with E-state index in [0.29, 0.717) is 11.0 Å². The van der Waals surface area contributed by atoms with Gasteiger partial charge in [-0.2, -0.15) is 8.42 Å². The predicted octanol–water partition coefficient (Wildman–Crippen LogP) is 1.88. The summed E-state index contributed by atoms with van der Waals surface area (Å²) in [6.07, 6.45) is 0. The van der Waals surface area contributed by atoms with Gasteiger partial charge in [-0.25, -0.2) is 0 Å². The van der Waals surface area contributed by atoms with E-state index in [1.54, 1.807) is 18.2 Å². The average molecular weight is 318 g/mol. The summed E-state index contributed by atoms with van der Waals surface area (Å²) in [6.45, 7) is 1.86. The number of nitrogens with zero attached hydrogens (tertiary/aromatic N) is 4. The number of nitro benzene ring substituents is 1. The number of aryl methyl sites for hydroxylation is 1. The third kappa shape index (κ3) is 2.21. The molecule has 0 unspecified atom stereocenters. The maximum atomic E-state index is 12.6. The van der Waals surface area contributed by atoms with E-state index < -0.39 is 14.9 Å². The number of fused-ring (bicyclic) bond motifs is 1. The Morgan fingerprint density at radius 2 is 1.82 bits per heavy atom. The number of aromatic nitrogens is 3. The number of rotatable bonds is 3. The molecule has 0 aliphatic carbocycles. The van der Waals surface area contributed by atoms with Crippen molar-refractivity contribution in [2.75, 3.05) is 0 Å². The van der Waals surface area contributed by atoms with Gasteiger partial charge in [0.1, 0.15) is 11.0 Å². The van der Waals surface area contributed by atoms with Gasteiger partial charge in [0.25, 0.3) is 15.7 Å². The van der Waals surface area contributed by atoms with Crippen LogP contribution in [0, 0.1) is 17.0 Å². The Bertz CT molecular complexity index is 977. The highest BCUT2D eigenvalue weighted by Crippen LogP contribution is 2.21. The average Bonchev–Trinajstić information content (AvgIpc) is 2.91. The summed E-state index contributed by atoms with van der Waals surface area (Å²) in [5.41, 5.74) is 1.57. The molecule has 1 heterocycles. The Balaban J connectivity index is 2.13. The Morgan fingerprint density at radius 1 is 1.14 bits per heavy atom. The molecule has 0 aliphatic rings. The molecule has 0 atom stereocenters. The van der Waals surface area contributed by atoms with Gasteiger partial charge in [-0.1, -0.05) is 11.3 Å². The van der Waals surface area contributed by atoms with Crippen LogP contribution in [0.1, 0.15) is 5.56 Å². The summed E-state index contributed by atoms with van der Waals surface area (Å²) < 4.78 is 26.0. The van der Waals surface area contributed by atoms with Gasteiger partial charge >= 0.3 is 0 Å². The van der Waals surface area contributed by atoms with Gasteiger partial charge in [0, 0.05) is 12.1 Å². The molecule has 0 aliphatic heterocycles. The topological polar surface area (TPSA) is 108 Å². The highest BCUT2D eigenvalue weighted by Gasteiger charge is 2.22. The van der Waals surface area contributed by atoms with Crippen LogP contribution in [-0.2, 0) is 10.0 Å². The van der Waals surface area contributed by atoms with Gasteiger partial charge in [-0.3, -0.25) is 10.1 Å². The van der Waals surface area contributed by atoms with E-state index in [0.717, 1.165) is 21.8 Å². The summed E-state index contributed by atoms with van der Waals surface area (Å²) >= 11 is 0. The molecule has 0 saturated carbocycles. The molecule has 0 N–H and O–H groups in total. The van der Waals surface area contributed by atoms with Crippen molar-refractivity contribution in [2.24, 2.45) is 0 Å². The van der Waals surface area contributed by atoms with E-state index in [9.17, 15) is 18.5 Å². The lowest BCUT2D eigenvalue weighted by Gasteiger charge is -2.04. The second-order valence-corrected chi connectivity index (χ2v) is 6.45. The minimum absolute atomic E-state index is 0.0922. The fourth-order valence-corrected chi connectivity index (χ4v) is 3.26. The van der Waals surface area contributed by atoms with Crippen molar-refractivity contribution in [1.82, 2.24) is 14.4 Å². The Kier molecular flexibility index (Phi) is 3.14. The van der Waals surface area contributed by atoms with Crippen LogP contribution in [0.3, 0.4) is 0 Å². The normalized spacial score (nSPS) is 11.7.